The molecule has 0 aromatic heterocycles. The Morgan fingerprint density at radius 2 is 1.65 bits per heavy atom. The molecule has 20 heavy (non-hydrogen) atoms. The number of ether oxygens (including phenoxy) is 2. The molecule has 1 aromatic rings. The average Bonchev–Trinajstić information content (AvgIpc) is 2.91. The van der Waals surface area contributed by atoms with Crippen molar-refractivity contribution in [3.05, 3.63) is 23.3 Å². The highest BCUT2D eigenvalue weighted by atomic mass is 35.5. The quantitative estimate of drug-likeness (QED) is 0.715. The SMILES string of the molecule is COc1cc2c(cc1OC)C1(CCCC1)C[NH+]=C2C.[Cl-]. The summed E-state index contributed by atoms with van der Waals surface area (Å²) >= 11 is 0. The van der Waals surface area contributed by atoms with Gasteiger partial charge in [-0.25, -0.2) is 4.99 Å². The third-order valence-corrected chi connectivity index (χ3v) is 4.75. The van der Waals surface area contributed by atoms with Gasteiger partial charge in [-0.05, 0) is 30.5 Å². The van der Waals surface area contributed by atoms with E-state index in [1.165, 1.54) is 42.5 Å². The van der Waals surface area contributed by atoms with Crippen molar-refractivity contribution < 1.29 is 26.9 Å². The van der Waals surface area contributed by atoms with E-state index in [9.17, 15) is 0 Å². The van der Waals surface area contributed by atoms with Crippen molar-refractivity contribution in [3.63, 3.8) is 0 Å². The molecule has 0 bridgehead atoms. The van der Waals surface area contributed by atoms with Crippen molar-refractivity contribution in [2.75, 3.05) is 20.8 Å². The molecule has 0 radical (unpaired) electrons. The molecule has 3 nitrogen and oxygen atoms in total. The lowest BCUT2D eigenvalue weighted by molar-refractivity contribution is -0.471. The van der Waals surface area contributed by atoms with Crippen LogP contribution in [0, 0.1) is 0 Å². The maximum atomic E-state index is 5.49. The second-order valence-corrected chi connectivity index (χ2v) is 5.72. The molecule has 0 saturated heterocycles. The summed E-state index contributed by atoms with van der Waals surface area (Å²) in [5.74, 6) is 1.67. The van der Waals surface area contributed by atoms with Crippen molar-refractivity contribution in [1.29, 1.82) is 0 Å². The van der Waals surface area contributed by atoms with Crippen LogP contribution in [0.3, 0.4) is 0 Å². The molecule has 3 rings (SSSR count). The topological polar surface area (TPSA) is 32.4 Å². The second-order valence-electron chi connectivity index (χ2n) is 5.72. The largest absolute Gasteiger partial charge is 1.00 e. The highest BCUT2D eigenvalue weighted by Crippen LogP contribution is 2.45. The normalized spacial score (nSPS) is 19.1. The van der Waals surface area contributed by atoms with Crippen LogP contribution in [0.15, 0.2) is 12.1 Å². The van der Waals surface area contributed by atoms with E-state index in [0.717, 1.165) is 18.0 Å². The fraction of sp³-hybridized carbons (Fsp3) is 0.562. The zero-order chi connectivity index (χ0) is 13.5. The van der Waals surface area contributed by atoms with Gasteiger partial charge in [-0.3, -0.25) is 0 Å². The minimum atomic E-state index is 0. The molecule has 1 N–H and O–H groups in total. The number of methoxy groups -OCH3 is 2. The zero-order valence-electron chi connectivity index (χ0n) is 12.4. The molecule has 1 aliphatic carbocycles. The van der Waals surface area contributed by atoms with Gasteiger partial charge in [0.25, 0.3) is 0 Å². The van der Waals surface area contributed by atoms with E-state index in [4.69, 9.17) is 9.47 Å². The average molecular weight is 296 g/mol. The third kappa shape index (κ3) is 2.18. The minimum absolute atomic E-state index is 0. The van der Waals surface area contributed by atoms with Gasteiger partial charge in [-0.1, -0.05) is 12.8 Å². The molecular formula is C16H22ClNO2. The number of benzene rings is 1. The van der Waals surface area contributed by atoms with Crippen LogP contribution in [-0.2, 0) is 5.41 Å². The fourth-order valence-electron chi connectivity index (χ4n) is 3.62. The van der Waals surface area contributed by atoms with Crippen LogP contribution in [0.4, 0.5) is 0 Å². The Morgan fingerprint density at radius 1 is 1.05 bits per heavy atom. The molecule has 1 saturated carbocycles. The van der Waals surface area contributed by atoms with Gasteiger partial charge in [0.05, 0.1) is 19.6 Å². The first kappa shape index (κ1) is 15.2. The molecule has 1 fully saturated rings. The van der Waals surface area contributed by atoms with Crippen LogP contribution in [0.5, 0.6) is 11.5 Å². The van der Waals surface area contributed by atoms with E-state index >= 15 is 0 Å². The lowest BCUT2D eigenvalue weighted by atomic mass is 9.74. The van der Waals surface area contributed by atoms with Crippen LogP contribution >= 0.6 is 0 Å². The molecule has 2 aliphatic rings. The summed E-state index contributed by atoms with van der Waals surface area (Å²) in [6, 6.07) is 4.32. The van der Waals surface area contributed by atoms with Gasteiger partial charge < -0.3 is 21.9 Å². The van der Waals surface area contributed by atoms with E-state index < -0.39 is 0 Å². The maximum Gasteiger partial charge on any atom is 0.179 e. The molecule has 0 atom stereocenters. The molecule has 1 aliphatic heterocycles. The van der Waals surface area contributed by atoms with Gasteiger partial charge in [0.15, 0.2) is 23.8 Å². The number of hydrogen-bond donors (Lipinski definition) is 1. The summed E-state index contributed by atoms with van der Waals surface area (Å²) in [6.07, 6.45) is 5.20. The smallest absolute Gasteiger partial charge is 0.179 e. The highest BCUT2D eigenvalue weighted by Gasteiger charge is 2.43. The van der Waals surface area contributed by atoms with Gasteiger partial charge in [0, 0.05) is 12.5 Å². The predicted octanol–water partition coefficient (Wildman–Crippen LogP) is -1.58. The van der Waals surface area contributed by atoms with Crippen molar-refractivity contribution >= 4 is 5.71 Å². The highest BCUT2D eigenvalue weighted by molar-refractivity contribution is 5.97. The van der Waals surface area contributed by atoms with E-state index in [2.05, 4.69) is 24.0 Å². The molecule has 4 heteroatoms. The summed E-state index contributed by atoms with van der Waals surface area (Å²) in [5.41, 5.74) is 4.28. The van der Waals surface area contributed by atoms with E-state index in [-0.39, 0.29) is 12.4 Å². The molecule has 1 heterocycles. The lowest BCUT2D eigenvalue weighted by Crippen LogP contribution is -3.00. The molecule has 1 spiro atoms. The Kier molecular flexibility index (Phi) is 4.28. The summed E-state index contributed by atoms with van der Waals surface area (Å²) in [7, 11) is 3.41. The predicted molar refractivity (Wildman–Crippen MR) is 75.3 cm³/mol. The Labute approximate surface area is 126 Å². The van der Waals surface area contributed by atoms with Crippen LogP contribution in [-0.4, -0.2) is 26.5 Å². The van der Waals surface area contributed by atoms with Gasteiger partial charge in [0.1, 0.15) is 0 Å². The van der Waals surface area contributed by atoms with Gasteiger partial charge in [-0.15, -0.1) is 0 Å². The van der Waals surface area contributed by atoms with Crippen molar-refractivity contribution in [1.82, 2.24) is 0 Å². The number of hydrogen-bond acceptors (Lipinski definition) is 2. The molecule has 0 amide bonds. The number of rotatable bonds is 2. The second kappa shape index (κ2) is 5.65. The fourth-order valence-corrected chi connectivity index (χ4v) is 3.62. The van der Waals surface area contributed by atoms with Crippen LogP contribution < -0.4 is 26.9 Å². The standard InChI is InChI=1S/C16H21NO2.ClH/c1-11-12-8-14(18-2)15(19-3)9-13(12)16(10-17-11)6-4-5-7-16;/h8-9H,4-7,10H2,1-3H3;1H. The van der Waals surface area contributed by atoms with Crippen LogP contribution in [0.2, 0.25) is 0 Å². The van der Waals surface area contributed by atoms with Gasteiger partial charge in [-0.2, -0.15) is 0 Å². The summed E-state index contributed by atoms with van der Waals surface area (Å²) < 4.78 is 10.9. The maximum absolute atomic E-state index is 5.49. The van der Waals surface area contributed by atoms with Crippen LogP contribution in [0.1, 0.15) is 43.7 Å². The van der Waals surface area contributed by atoms with Crippen molar-refractivity contribution in [2.45, 2.75) is 38.0 Å². The Bertz CT molecular complexity index is 534. The van der Waals surface area contributed by atoms with E-state index in [1.54, 1.807) is 14.2 Å². The van der Waals surface area contributed by atoms with Crippen molar-refractivity contribution in [3.8, 4) is 11.5 Å². The first-order valence-electron chi connectivity index (χ1n) is 7.04. The summed E-state index contributed by atoms with van der Waals surface area (Å²) in [6.45, 7) is 3.20. The lowest BCUT2D eigenvalue weighted by Gasteiger charge is -2.31. The summed E-state index contributed by atoms with van der Waals surface area (Å²) in [5, 5.41) is 0. The molecular weight excluding hydrogens is 274 g/mol. The first-order chi connectivity index (χ1) is 9.20. The number of fused-ring (bicyclic) bond motifs is 2. The van der Waals surface area contributed by atoms with Gasteiger partial charge in [0.2, 0.25) is 0 Å². The monoisotopic (exact) mass is 295 g/mol. The minimum Gasteiger partial charge on any atom is -1.00 e. The zero-order valence-corrected chi connectivity index (χ0v) is 13.1. The third-order valence-electron chi connectivity index (χ3n) is 4.75. The Balaban J connectivity index is 0.00000147. The van der Waals surface area contributed by atoms with E-state index in [1.807, 2.05) is 0 Å². The first-order valence-corrected chi connectivity index (χ1v) is 7.04. The molecule has 110 valence electrons. The molecule has 1 aromatic carbocycles. The number of nitrogens with one attached hydrogen (secondary N) is 1. The summed E-state index contributed by atoms with van der Waals surface area (Å²) in [4.78, 5) is 3.58. The van der Waals surface area contributed by atoms with Crippen molar-refractivity contribution in [2.24, 2.45) is 0 Å². The Hall–Kier alpha value is -1.22. The van der Waals surface area contributed by atoms with Crippen LogP contribution in [0.25, 0.3) is 0 Å². The van der Waals surface area contributed by atoms with E-state index in [0.29, 0.717) is 5.41 Å². The van der Waals surface area contributed by atoms with Gasteiger partial charge >= 0.3 is 0 Å². The Morgan fingerprint density at radius 3 is 2.25 bits per heavy atom. The molecule has 0 unspecified atom stereocenters. The number of halogens is 1.